The maximum Gasteiger partial charge on any atom is 0.224 e. The molecule has 0 aliphatic carbocycles. The van der Waals surface area contributed by atoms with E-state index in [4.69, 9.17) is 11.6 Å². The molecule has 1 atom stereocenters. The smallest absolute Gasteiger partial charge is 0.224 e. The third kappa shape index (κ3) is 4.70. The van der Waals surface area contributed by atoms with Gasteiger partial charge in [-0.25, -0.2) is 4.68 Å². The number of carbonyl (C=O) groups excluding carboxylic acids is 1. The Balaban J connectivity index is 1.48. The number of halogens is 1. The number of hydrogen-bond donors (Lipinski definition) is 1. The Morgan fingerprint density at radius 3 is 2.48 bits per heavy atom. The van der Waals surface area contributed by atoms with Gasteiger partial charge >= 0.3 is 0 Å². The van der Waals surface area contributed by atoms with Gasteiger partial charge < -0.3 is 5.32 Å². The van der Waals surface area contributed by atoms with E-state index in [1.54, 1.807) is 6.20 Å². The van der Waals surface area contributed by atoms with E-state index in [9.17, 15) is 4.79 Å². The second kappa shape index (κ2) is 9.18. The molecule has 0 saturated heterocycles. The highest BCUT2D eigenvalue weighted by molar-refractivity contribution is 6.30. The monoisotopic (exact) mass is 433 g/mol. The minimum absolute atomic E-state index is 0.0510. The average molecular weight is 434 g/mol. The number of rotatable bonds is 7. The van der Waals surface area contributed by atoms with Crippen molar-refractivity contribution in [2.75, 3.05) is 6.54 Å². The highest BCUT2D eigenvalue weighted by atomic mass is 35.5. The fraction of sp³-hybridized carbons (Fsp3) is 0.208. The molecule has 0 fully saturated rings. The van der Waals surface area contributed by atoms with Crippen molar-refractivity contribution >= 4 is 17.5 Å². The molecule has 0 aliphatic heterocycles. The van der Waals surface area contributed by atoms with Crippen LogP contribution in [0.25, 0.3) is 5.69 Å². The minimum Gasteiger partial charge on any atom is -0.353 e. The Hall–Kier alpha value is -3.38. The lowest BCUT2D eigenvalue weighted by Gasteiger charge is -2.19. The summed E-state index contributed by atoms with van der Waals surface area (Å²) in [7, 11) is 0. The lowest BCUT2D eigenvalue weighted by molar-refractivity contribution is -0.120. The number of nitrogens with one attached hydrogen (secondary N) is 1. The Kier molecular flexibility index (Phi) is 6.18. The van der Waals surface area contributed by atoms with Crippen molar-refractivity contribution in [3.8, 4) is 5.69 Å². The first kappa shape index (κ1) is 20.9. The standard InChI is InChI=1S/C24H24ClN5O/c1-17-22(18(2)30(28-17)21-7-4-3-5-8-21)15-24(31)26-16-23(29-14-6-13-27-29)19-9-11-20(25)12-10-19/h3-14,23H,15-16H2,1-2H3,(H,26,31)/t23-/m0/s1. The van der Waals surface area contributed by atoms with E-state index in [2.05, 4.69) is 15.5 Å². The summed E-state index contributed by atoms with van der Waals surface area (Å²) in [5.41, 5.74) is 4.79. The molecule has 1 amide bonds. The molecular weight excluding hydrogens is 410 g/mol. The van der Waals surface area contributed by atoms with Crippen LogP contribution in [0, 0.1) is 13.8 Å². The molecule has 6 nitrogen and oxygen atoms in total. The molecule has 0 aliphatic rings. The molecule has 0 bridgehead atoms. The van der Waals surface area contributed by atoms with Gasteiger partial charge in [0, 0.05) is 35.2 Å². The van der Waals surface area contributed by atoms with Crippen LogP contribution in [0.3, 0.4) is 0 Å². The van der Waals surface area contributed by atoms with Crippen LogP contribution < -0.4 is 5.32 Å². The lowest BCUT2D eigenvalue weighted by Crippen LogP contribution is -2.32. The van der Waals surface area contributed by atoms with Gasteiger partial charge in [0.05, 0.1) is 23.8 Å². The second-order valence-corrected chi connectivity index (χ2v) is 7.87. The molecule has 0 radical (unpaired) electrons. The topological polar surface area (TPSA) is 64.7 Å². The van der Waals surface area contributed by atoms with E-state index in [0.29, 0.717) is 11.6 Å². The number of nitrogens with zero attached hydrogens (tertiary/aromatic N) is 4. The summed E-state index contributed by atoms with van der Waals surface area (Å²) in [5, 5.41) is 12.7. The van der Waals surface area contributed by atoms with Crippen molar-refractivity contribution < 1.29 is 4.79 Å². The zero-order chi connectivity index (χ0) is 21.8. The zero-order valence-corrected chi connectivity index (χ0v) is 18.3. The van der Waals surface area contributed by atoms with Gasteiger partial charge in [-0.3, -0.25) is 9.48 Å². The molecule has 0 spiro atoms. The van der Waals surface area contributed by atoms with Crippen molar-refractivity contribution in [3.63, 3.8) is 0 Å². The molecule has 0 unspecified atom stereocenters. The van der Waals surface area contributed by atoms with Crippen LogP contribution >= 0.6 is 11.6 Å². The molecule has 2 aromatic carbocycles. The summed E-state index contributed by atoms with van der Waals surface area (Å²) in [6.07, 6.45) is 3.90. The molecule has 7 heteroatoms. The fourth-order valence-electron chi connectivity index (χ4n) is 3.70. The van der Waals surface area contributed by atoms with Gasteiger partial charge in [-0.2, -0.15) is 10.2 Å². The summed E-state index contributed by atoms with van der Waals surface area (Å²) in [6, 6.07) is 19.3. The van der Waals surface area contributed by atoms with E-state index in [0.717, 1.165) is 28.2 Å². The molecule has 2 aromatic heterocycles. The Bertz CT molecular complexity index is 1150. The molecule has 2 heterocycles. The number of aromatic nitrogens is 4. The van der Waals surface area contributed by atoms with Gasteiger partial charge in [-0.15, -0.1) is 0 Å². The van der Waals surface area contributed by atoms with E-state index < -0.39 is 0 Å². The molecule has 31 heavy (non-hydrogen) atoms. The molecule has 0 saturated carbocycles. The summed E-state index contributed by atoms with van der Waals surface area (Å²) < 4.78 is 3.73. The van der Waals surface area contributed by atoms with Gasteiger partial charge in [0.25, 0.3) is 0 Å². The molecule has 4 aromatic rings. The van der Waals surface area contributed by atoms with E-state index in [-0.39, 0.29) is 18.4 Å². The number of aryl methyl sites for hydroxylation is 1. The lowest BCUT2D eigenvalue weighted by atomic mass is 10.1. The number of carbonyl (C=O) groups is 1. The SMILES string of the molecule is Cc1nn(-c2ccccc2)c(C)c1CC(=O)NC[C@@H](c1ccc(Cl)cc1)n1cccn1. The van der Waals surface area contributed by atoms with Crippen LogP contribution in [-0.2, 0) is 11.2 Å². The van der Waals surface area contributed by atoms with Gasteiger partial charge in [-0.1, -0.05) is 41.9 Å². The van der Waals surface area contributed by atoms with Gasteiger partial charge in [0.2, 0.25) is 5.91 Å². The van der Waals surface area contributed by atoms with Gasteiger partial charge in [-0.05, 0) is 49.7 Å². The van der Waals surface area contributed by atoms with Crippen LogP contribution in [0.5, 0.6) is 0 Å². The van der Waals surface area contributed by atoms with Crippen molar-refractivity contribution in [1.29, 1.82) is 0 Å². The summed E-state index contributed by atoms with van der Waals surface area (Å²) in [5.74, 6) is -0.0510. The van der Waals surface area contributed by atoms with E-state index in [1.165, 1.54) is 0 Å². The van der Waals surface area contributed by atoms with Crippen LogP contribution in [0.15, 0.2) is 73.1 Å². The first-order valence-electron chi connectivity index (χ1n) is 10.1. The quantitative estimate of drug-likeness (QED) is 0.473. The minimum atomic E-state index is -0.120. The highest BCUT2D eigenvalue weighted by Gasteiger charge is 2.19. The molecule has 1 N–H and O–H groups in total. The van der Waals surface area contributed by atoms with Gasteiger partial charge in [0.15, 0.2) is 0 Å². The summed E-state index contributed by atoms with van der Waals surface area (Å²) >= 11 is 6.03. The van der Waals surface area contributed by atoms with E-state index in [1.807, 2.05) is 90.1 Å². The third-order valence-electron chi connectivity index (χ3n) is 5.37. The van der Waals surface area contributed by atoms with Crippen molar-refractivity contribution in [2.45, 2.75) is 26.3 Å². The summed E-state index contributed by atoms with van der Waals surface area (Å²) in [4.78, 5) is 12.8. The summed E-state index contributed by atoms with van der Waals surface area (Å²) in [6.45, 7) is 4.36. The predicted molar refractivity (Wildman–Crippen MR) is 122 cm³/mol. The van der Waals surface area contributed by atoms with Crippen LogP contribution in [0.2, 0.25) is 5.02 Å². The van der Waals surface area contributed by atoms with Crippen molar-refractivity contribution in [2.24, 2.45) is 0 Å². The number of benzene rings is 2. The molecular formula is C24H24ClN5O. The first-order valence-corrected chi connectivity index (χ1v) is 10.5. The molecule has 158 valence electrons. The number of hydrogen-bond acceptors (Lipinski definition) is 3. The Labute approximate surface area is 186 Å². The third-order valence-corrected chi connectivity index (χ3v) is 5.62. The normalized spacial score (nSPS) is 12.0. The maximum absolute atomic E-state index is 12.8. The molecule has 4 rings (SSSR count). The Morgan fingerprint density at radius 1 is 1.06 bits per heavy atom. The highest BCUT2D eigenvalue weighted by Crippen LogP contribution is 2.21. The predicted octanol–water partition coefficient (Wildman–Crippen LogP) is 4.29. The Morgan fingerprint density at radius 2 is 1.81 bits per heavy atom. The van der Waals surface area contributed by atoms with Crippen molar-refractivity contribution in [1.82, 2.24) is 24.9 Å². The average Bonchev–Trinajstić information content (AvgIpc) is 3.40. The number of amides is 1. The number of para-hydroxylation sites is 1. The second-order valence-electron chi connectivity index (χ2n) is 7.43. The fourth-order valence-corrected chi connectivity index (χ4v) is 3.83. The largest absolute Gasteiger partial charge is 0.353 e. The first-order chi connectivity index (χ1) is 15.0. The van der Waals surface area contributed by atoms with E-state index >= 15 is 0 Å². The van der Waals surface area contributed by atoms with Gasteiger partial charge in [0.1, 0.15) is 0 Å². The zero-order valence-electron chi connectivity index (χ0n) is 17.5. The van der Waals surface area contributed by atoms with Crippen LogP contribution in [0.4, 0.5) is 0 Å². The van der Waals surface area contributed by atoms with Crippen LogP contribution in [-0.4, -0.2) is 32.0 Å². The van der Waals surface area contributed by atoms with Crippen molar-refractivity contribution in [3.05, 3.63) is 101 Å². The maximum atomic E-state index is 12.8. The van der Waals surface area contributed by atoms with Crippen LogP contribution in [0.1, 0.15) is 28.6 Å².